The van der Waals surface area contributed by atoms with Crippen LogP contribution in [0.1, 0.15) is 0 Å². The SMILES string of the molecule is c1ccc(N(c2ccc(-c3cc(-c4ccc(-n5c6ccccc6c6c7ccccc7ccc65)cc4)cc4c3[nH]c3ccccc34)cc2)c2ccc3ccccc3c2)cc1. The number of hydrogen-bond acceptors (Lipinski definition) is 1. The summed E-state index contributed by atoms with van der Waals surface area (Å²) < 4.78 is 2.41. The molecule has 10 aromatic carbocycles. The largest absolute Gasteiger partial charge is 0.354 e. The van der Waals surface area contributed by atoms with Crippen LogP contribution in [0.3, 0.4) is 0 Å². The van der Waals surface area contributed by atoms with Crippen molar-refractivity contribution in [2.45, 2.75) is 0 Å². The summed E-state index contributed by atoms with van der Waals surface area (Å²) in [5.74, 6) is 0. The Morgan fingerprint density at radius 2 is 0.983 bits per heavy atom. The van der Waals surface area contributed by atoms with Gasteiger partial charge in [0.2, 0.25) is 0 Å². The predicted octanol–water partition coefficient (Wildman–Crippen LogP) is 15.5. The van der Waals surface area contributed by atoms with E-state index in [4.69, 9.17) is 0 Å². The maximum Gasteiger partial charge on any atom is 0.0547 e. The molecule has 276 valence electrons. The molecule has 2 heterocycles. The lowest BCUT2D eigenvalue weighted by Crippen LogP contribution is -2.09. The van der Waals surface area contributed by atoms with Crippen LogP contribution in [0.2, 0.25) is 0 Å². The molecule has 0 bridgehead atoms. The van der Waals surface area contributed by atoms with Gasteiger partial charge in [-0.05, 0) is 117 Å². The second-order valence-electron chi connectivity index (χ2n) is 15.4. The van der Waals surface area contributed by atoms with E-state index >= 15 is 0 Å². The fourth-order valence-corrected chi connectivity index (χ4v) is 9.30. The van der Waals surface area contributed by atoms with Crippen molar-refractivity contribution < 1.29 is 0 Å². The Balaban J connectivity index is 0.977. The van der Waals surface area contributed by atoms with Gasteiger partial charge in [-0.25, -0.2) is 0 Å². The quantitative estimate of drug-likeness (QED) is 0.180. The van der Waals surface area contributed by atoms with E-state index < -0.39 is 0 Å². The lowest BCUT2D eigenvalue weighted by Gasteiger charge is -2.26. The van der Waals surface area contributed by atoms with E-state index in [-0.39, 0.29) is 0 Å². The van der Waals surface area contributed by atoms with Crippen LogP contribution >= 0.6 is 0 Å². The number of nitrogens with zero attached hydrogens (tertiary/aromatic N) is 2. The van der Waals surface area contributed by atoms with Crippen LogP contribution in [0.5, 0.6) is 0 Å². The van der Waals surface area contributed by atoms with Gasteiger partial charge in [0.25, 0.3) is 0 Å². The van der Waals surface area contributed by atoms with Gasteiger partial charge >= 0.3 is 0 Å². The Kier molecular flexibility index (Phi) is 7.54. The highest BCUT2D eigenvalue weighted by Gasteiger charge is 2.18. The molecular weight excluding hydrogens is 715 g/mol. The molecule has 0 saturated carbocycles. The third kappa shape index (κ3) is 5.44. The molecule has 0 aliphatic carbocycles. The number of aromatic nitrogens is 2. The van der Waals surface area contributed by atoms with Gasteiger partial charge in [0, 0.05) is 55.4 Å². The van der Waals surface area contributed by atoms with Gasteiger partial charge in [-0.3, -0.25) is 0 Å². The molecule has 3 nitrogen and oxygen atoms in total. The van der Waals surface area contributed by atoms with E-state index in [0.717, 1.165) is 39.3 Å². The second kappa shape index (κ2) is 13.4. The van der Waals surface area contributed by atoms with Gasteiger partial charge in [-0.2, -0.15) is 0 Å². The number of benzene rings is 10. The van der Waals surface area contributed by atoms with Crippen LogP contribution in [0, 0.1) is 0 Å². The van der Waals surface area contributed by atoms with Gasteiger partial charge in [0.05, 0.1) is 16.6 Å². The first-order valence-corrected chi connectivity index (χ1v) is 20.3. The number of H-pyrrole nitrogens is 1. The lowest BCUT2D eigenvalue weighted by atomic mass is 9.95. The van der Waals surface area contributed by atoms with Crippen molar-refractivity contribution in [3.8, 4) is 27.9 Å². The Bertz CT molecular complexity index is 3540. The van der Waals surface area contributed by atoms with Crippen LogP contribution in [0.4, 0.5) is 17.1 Å². The van der Waals surface area contributed by atoms with Gasteiger partial charge in [-0.1, -0.05) is 140 Å². The van der Waals surface area contributed by atoms with Crippen molar-refractivity contribution in [2.24, 2.45) is 0 Å². The molecule has 12 rings (SSSR count). The monoisotopic (exact) mass is 751 g/mol. The van der Waals surface area contributed by atoms with Crippen LogP contribution < -0.4 is 4.90 Å². The molecule has 1 N–H and O–H groups in total. The molecule has 0 fully saturated rings. The second-order valence-corrected chi connectivity index (χ2v) is 15.4. The number of rotatable bonds is 6. The van der Waals surface area contributed by atoms with Crippen molar-refractivity contribution >= 4 is 82.2 Å². The zero-order chi connectivity index (χ0) is 38.9. The summed E-state index contributed by atoms with van der Waals surface area (Å²) in [5, 5.41) is 10.0. The molecule has 3 heteroatoms. The molecule has 2 aromatic heterocycles. The number of anilines is 3. The number of fused-ring (bicyclic) bond motifs is 9. The first-order valence-electron chi connectivity index (χ1n) is 20.3. The van der Waals surface area contributed by atoms with Crippen LogP contribution in [0.15, 0.2) is 218 Å². The molecule has 59 heavy (non-hydrogen) atoms. The Hall–Kier alpha value is -7.88. The fraction of sp³-hybridized carbons (Fsp3) is 0. The fourth-order valence-electron chi connectivity index (χ4n) is 9.30. The molecular formula is C56H37N3. The van der Waals surface area contributed by atoms with Crippen molar-refractivity contribution in [1.29, 1.82) is 0 Å². The van der Waals surface area contributed by atoms with E-state index in [1.165, 1.54) is 70.8 Å². The van der Waals surface area contributed by atoms with E-state index in [1.807, 2.05) is 0 Å². The maximum absolute atomic E-state index is 3.79. The number of nitrogens with one attached hydrogen (secondary N) is 1. The van der Waals surface area contributed by atoms with Crippen LogP contribution in [-0.2, 0) is 0 Å². The Morgan fingerprint density at radius 1 is 0.356 bits per heavy atom. The smallest absolute Gasteiger partial charge is 0.0547 e. The topological polar surface area (TPSA) is 24.0 Å². The average Bonchev–Trinajstić information content (AvgIpc) is 3.86. The Labute approximate surface area is 341 Å². The summed E-state index contributed by atoms with van der Waals surface area (Å²) in [4.78, 5) is 6.13. The highest BCUT2D eigenvalue weighted by atomic mass is 15.1. The highest BCUT2D eigenvalue weighted by molar-refractivity contribution is 6.21. The molecule has 0 saturated heterocycles. The van der Waals surface area contributed by atoms with Crippen molar-refractivity contribution in [3.63, 3.8) is 0 Å². The summed E-state index contributed by atoms with van der Waals surface area (Å²) in [6.45, 7) is 0. The van der Waals surface area contributed by atoms with Crippen LogP contribution in [-0.4, -0.2) is 9.55 Å². The summed E-state index contributed by atoms with van der Waals surface area (Å²) in [6.07, 6.45) is 0. The lowest BCUT2D eigenvalue weighted by molar-refractivity contribution is 1.18. The minimum absolute atomic E-state index is 1.10. The maximum atomic E-state index is 3.79. The molecule has 0 spiro atoms. The van der Waals surface area contributed by atoms with Crippen LogP contribution in [0.25, 0.3) is 93.1 Å². The number of para-hydroxylation sites is 3. The molecule has 0 radical (unpaired) electrons. The molecule has 0 amide bonds. The molecule has 0 aliphatic heterocycles. The minimum Gasteiger partial charge on any atom is -0.354 e. The van der Waals surface area contributed by atoms with Gasteiger partial charge in [-0.15, -0.1) is 0 Å². The molecule has 0 aliphatic rings. The summed E-state index contributed by atoms with van der Waals surface area (Å²) in [7, 11) is 0. The van der Waals surface area contributed by atoms with E-state index in [2.05, 4.69) is 233 Å². The summed E-state index contributed by atoms with van der Waals surface area (Å²) in [5.41, 5.74) is 13.9. The third-order valence-electron chi connectivity index (χ3n) is 12.1. The van der Waals surface area contributed by atoms with Crippen molar-refractivity contribution in [3.05, 3.63) is 218 Å². The van der Waals surface area contributed by atoms with Crippen molar-refractivity contribution in [2.75, 3.05) is 4.90 Å². The standard InChI is InChI=1S/C56H37N3/c1-2-15-43(16-3-1)58(46-32-24-37-12-4-5-14-41(37)34-46)44-30-25-40(26-31-44)50-35-42(36-51-48-18-8-10-20-52(48)57-56(50)51)38-22-28-45(29-23-38)59-53-21-11-9-19-49(53)55-47-17-7-6-13-39(47)27-33-54(55)59/h1-36,57H. The first-order chi connectivity index (χ1) is 29.2. The normalized spacial score (nSPS) is 11.7. The van der Waals surface area contributed by atoms with E-state index in [9.17, 15) is 0 Å². The highest BCUT2D eigenvalue weighted by Crippen LogP contribution is 2.42. The van der Waals surface area contributed by atoms with E-state index in [0.29, 0.717) is 0 Å². The molecule has 0 atom stereocenters. The number of aromatic amines is 1. The average molecular weight is 752 g/mol. The zero-order valence-electron chi connectivity index (χ0n) is 32.2. The zero-order valence-corrected chi connectivity index (χ0v) is 32.2. The summed E-state index contributed by atoms with van der Waals surface area (Å²) in [6, 6.07) is 79.4. The molecule has 0 unspecified atom stereocenters. The minimum atomic E-state index is 1.10. The molecule has 12 aromatic rings. The number of hydrogen-bond donors (Lipinski definition) is 1. The predicted molar refractivity (Wildman–Crippen MR) is 251 cm³/mol. The summed E-state index contributed by atoms with van der Waals surface area (Å²) >= 11 is 0. The Morgan fingerprint density at radius 3 is 1.81 bits per heavy atom. The van der Waals surface area contributed by atoms with E-state index in [1.54, 1.807) is 0 Å². The first kappa shape index (κ1) is 33.3. The van der Waals surface area contributed by atoms with Gasteiger partial charge < -0.3 is 14.5 Å². The third-order valence-corrected chi connectivity index (χ3v) is 12.1. The van der Waals surface area contributed by atoms with Crippen molar-refractivity contribution in [1.82, 2.24) is 9.55 Å². The van der Waals surface area contributed by atoms with Gasteiger partial charge in [0.15, 0.2) is 0 Å². The van der Waals surface area contributed by atoms with Gasteiger partial charge in [0.1, 0.15) is 0 Å².